The summed E-state index contributed by atoms with van der Waals surface area (Å²) >= 11 is 0. The molecular formula is C6H5F5O2. The molecule has 0 fully saturated rings. The van der Waals surface area contributed by atoms with Crippen LogP contribution in [0.3, 0.4) is 0 Å². The summed E-state index contributed by atoms with van der Waals surface area (Å²) in [6.07, 6.45) is -5.05. The molecule has 0 aliphatic heterocycles. The number of halogens is 5. The van der Waals surface area contributed by atoms with E-state index in [0.29, 0.717) is 0 Å². The minimum atomic E-state index is -5.93. The highest BCUT2D eigenvalue weighted by Crippen LogP contribution is 2.36. The quantitative estimate of drug-likeness (QED) is 0.398. The zero-order valence-corrected chi connectivity index (χ0v) is 6.20. The van der Waals surface area contributed by atoms with E-state index in [-0.39, 0.29) is 0 Å². The Labute approximate surface area is 70.0 Å². The van der Waals surface area contributed by atoms with Gasteiger partial charge in [0.2, 0.25) is 0 Å². The molecule has 7 heteroatoms. The summed E-state index contributed by atoms with van der Waals surface area (Å²) in [5, 5.41) is 0. The number of carbonyl (C=O) groups excluding carboxylic acids is 1. The lowest BCUT2D eigenvalue weighted by atomic mass is 10.3. The van der Waals surface area contributed by atoms with Gasteiger partial charge >= 0.3 is 18.1 Å². The first-order chi connectivity index (χ1) is 5.73. The van der Waals surface area contributed by atoms with E-state index in [1.165, 1.54) is 0 Å². The van der Waals surface area contributed by atoms with Gasteiger partial charge in [0.15, 0.2) is 0 Å². The van der Waals surface area contributed by atoms with Crippen LogP contribution in [0, 0.1) is 0 Å². The van der Waals surface area contributed by atoms with Crippen LogP contribution in [0.25, 0.3) is 0 Å². The summed E-state index contributed by atoms with van der Waals surface area (Å²) in [6.45, 7) is 2.28. The Kier molecular flexibility index (Phi) is 3.39. The summed E-state index contributed by atoms with van der Waals surface area (Å²) in [7, 11) is 0. The molecule has 0 radical (unpaired) electrons. The van der Waals surface area contributed by atoms with E-state index in [4.69, 9.17) is 0 Å². The molecule has 0 bridgehead atoms. The maximum Gasteiger partial charge on any atom is 0.465 e. The Morgan fingerprint density at radius 1 is 1.31 bits per heavy atom. The van der Waals surface area contributed by atoms with E-state index in [1.54, 1.807) is 0 Å². The molecule has 0 spiro atoms. The van der Waals surface area contributed by atoms with Crippen molar-refractivity contribution in [2.45, 2.75) is 12.1 Å². The molecule has 0 aromatic carbocycles. The zero-order chi connectivity index (χ0) is 10.7. The molecule has 0 aliphatic carbocycles. The van der Waals surface area contributed by atoms with Crippen LogP contribution in [0.5, 0.6) is 0 Å². The minimum Gasteiger partial charge on any atom is -0.457 e. The van der Waals surface area contributed by atoms with E-state index in [1.807, 2.05) is 0 Å². The third kappa shape index (κ3) is 2.67. The summed E-state index contributed by atoms with van der Waals surface area (Å²) in [6, 6.07) is 0. The molecule has 0 aromatic rings. The molecule has 0 saturated carbocycles. The molecule has 0 heterocycles. The van der Waals surface area contributed by atoms with Gasteiger partial charge in [-0.2, -0.15) is 22.0 Å². The first-order valence-corrected chi connectivity index (χ1v) is 2.96. The number of carbonyl (C=O) groups is 1. The number of rotatable bonds is 3. The van der Waals surface area contributed by atoms with Gasteiger partial charge in [-0.3, -0.25) is 0 Å². The third-order valence-corrected chi connectivity index (χ3v) is 0.945. The van der Waals surface area contributed by atoms with Crippen molar-refractivity contribution < 1.29 is 31.5 Å². The highest BCUT2D eigenvalue weighted by Gasteiger charge is 2.64. The van der Waals surface area contributed by atoms with Crippen molar-refractivity contribution in [2.75, 3.05) is 6.61 Å². The van der Waals surface area contributed by atoms with Crippen LogP contribution in [0.4, 0.5) is 22.0 Å². The average Bonchev–Trinajstić information content (AvgIpc) is 1.97. The topological polar surface area (TPSA) is 26.3 Å². The first-order valence-electron chi connectivity index (χ1n) is 2.96. The molecular weight excluding hydrogens is 199 g/mol. The number of alkyl halides is 5. The van der Waals surface area contributed by atoms with Crippen molar-refractivity contribution in [1.29, 1.82) is 0 Å². The minimum absolute atomic E-state index is 0.690. The number of hydrogen-bond donors (Lipinski definition) is 0. The van der Waals surface area contributed by atoms with Gasteiger partial charge in [-0.15, -0.1) is 0 Å². The lowest BCUT2D eigenvalue weighted by molar-refractivity contribution is -0.280. The van der Waals surface area contributed by atoms with Crippen LogP contribution in [-0.4, -0.2) is 24.7 Å². The van der Waals surface area contributed by atoms with Crippen molar-refractivity contribution in [3.63, 3.8) is 0 Å². The van der Waals surface area contributed by atoms with E-state index >= 15 is 0 Å². The van der Waals surface area contributed by atoms with Gasteiger partial charge < -0.3 is 4.74 Å². The predicted octanol–water partition coefficient (Wildman–Crippen LogP) is 1.91. The molecule has 2 nitrogen and oxygen atoms in total. The molecule has 13 heavy (non-hydrogen) atoms. The highest BCUT2D eigenvalue weighted by molar-refractivity contribution is 5.78. The third-order valence-electron chi connectivity index (χ3n) is 0.945. The van der Waals surface area contributed by atoms with Gasteiger partial charge in [-0.05, 0) is 0 Å². The fourth-order valence-corrected chi connectivity index (χ4v) is 0.341. The molecule has 0 rings (SSSR count). The Morgan fingerprint density at radius 3 is 2.08 bits per heavy atom. The van der Waals surface area contributed by atoms with Gasteiger partial charge in [0.05, 0.1) is 0 Å². The van der Waals surface area contributed by atoms with Gasteiger partial charge in [0, 0.05) is 0 Å². The van der Waals surface area contributed by atoms with Crippen LogP contribution in [0.2, 0.25) is 0 Å². The van der Waals surface area contributed by atoms with E-state index in [9.17, 15) is 26.7 Å². The molecule has 0 N–H and O–H groups in total. The SMILES string of the molecule is C=CCOC(=O)C(F)(F)C(F)(F)F. The largest absolute Gasteiger partial charge is 0.465 e. The molecule has 0 amide bonds. The van der Waals surface area contributed by atoms with Gasteiger partial charge in [-0.1, -0.05) is 12.7 Å². The summed E-state index contributed by atoms with van der Waals surface area (Å²) in [5.41, 5.74) is 0. The second-order valence-corrected chi connectivity index (χ2v) is 1.96. The zero-order valence-electron chi connectivity index (χ0n) is 6.20. The fraction of sp³-hybridized carbons (Fsp3) is 0.500. The van der Waals surface area contributed by atoms with Crippen molar-refractivity contribution in [1.82, 2.24) is 0 Å². The normalized spacial score (nSPS) is 12.4. The molecule has 0 atom stereocenters. The Morgan fingerprint density at radius 2 is 1.77 bits per heavy atom. The van der Waals surface area contributed by atoms with Crippen LogP contribution in [0.1, 0.15) is 0 Å². The van der Waals surface area contributed by atoms with Crippen LogP contribution in [0.15, 0.2) is 12.7 Å². The Hall–Kier alpha value is -1.14. The van der Waals surface area contributed by atoms with Gasteiger partial charge in [-0.25, -0.2) is 4.79 Å². The highest BCUT2D eigenvalue weighted by atomic mass is 19.4. The predicted molar refractivity (Wildman–Crippen MR) is 32.2 cm³/mol. The van der Waals surface area contributed by atoms with Crippen molar-refractivity contribution in [3.8, 4) is 0 Å². The molecule has 76 valence electrons. The van der Waals surface area contributed by atoms with Crippen molar-refractivity contribution in [2.24, 2.45) is 0 Å². The monoisotopic (exact) mass is 204 g/mol. The maximum atomic E-state index is 12.0. The van der Waals surface area contributed by atoms with Gasteiger partial charge in [0.25, 0.3) is 0 Å². The lowest BCUT2D eigenvalue weighted by Gasteiger charge is -2.16. The van der Waals surface area contributed by atoms with Crippen molar-refractivity contribution in [3.05, 3.63) is 12.7 Å². The fourth-order valence-electron chi connectivity index (χ4n) is 0.341. The van der Waals surface area contributed by atoms with Crippen LogP contribution in [-0.2, 0) is 9.53 Å². The second-order valence-electron chi connectivity index (χ2n) is 1.96. The first kappa shape index (κ1) is 11.9. The van der Waals surface area contributed by atoms with Crippen LogP contribution < -0.4 is 0 Å². The molecule has 0 unspecified atom stereocenters. The van der Waals surface area contributed by atoms with E-state index in [2.05, 4.69) is 11.3 Å². The molecule has 0 aromatic heterocycles. The second kappa shape index (κ2) is 3.71. The average molecular weight is 204 g/mol. The Bertz CT molecular complexity index is 208. The number of ether oxygens (including phenoxy) is 1. The standard InChI is InChI=1S/C6H5F5O2/c1-2-3-13-4(12)5(7,8)6(9,10)11/h2H,1,3H2. The van der Waals surface area contributed by atoms with Gasteiger partial charge in [0.1, 0.15) is 6.61 Å². The smallest absolute Gasteiger partial charge is 0.457 e. The molecule has 0 aliphatic rings. The maximum absolute atomic E-state index is 12.0. The molecule has 0 saturated heterocycles. The summed E-state index contributed by atoms with van der Waals surface area (Å²) in [5.74, 6) is -8.09. The van der Waals surface area contributed by atoms with Crippen LogP contribution >= 0.6 is 0 Å². The number of esters is 1. The summed E-state index contributed by atoms with van der Waals surface area (Å²) in [4.78, 5) is 10.1. The number of hydrogen-bond acceptors (Lipinski definition) is 2. The summed E-state index contributed by atoms with van der Waals surface area (Å²) < 4.78 is 61.9. The van der Waals surface area contributed by atoms with E-state index < -0.39 is 24.7 Å². The van der Waals surface area contributed by atoms with E-state index in [0.717, 1.165) is 6.08 Å². The Balaban J connectivity index is 4.45. The van der Waals surface area contributed by atoms with Crippen molar-refractivity contribution >= 4 is 5.97 Å². The lowest BCUT2D eigenvalue weighted by Crippen LogP contribution is -2.45.